The molecule has 1 aromatic rings. The van der Waals surface area contributed by atoms with E-state index in [1.807, 2.05) is 45.9 Å². The molecule has 0 bridgehead atoms. The second-order valence-electron chi connectivity index (χ2n) is 5.29. The van der Waals surface area contributed by atoms with E-state index in [-0.39, 0.29) is 0 Å². The van der Waals surface area contributed by atoms with E-state index in [1.54, 1.807) is 0 Å². The van der Waals surface area contributed by atoms with Gasteiger partial charge in [0.1, 0.15) is 0 Å². The van der Waals surface area contributed by atoms with Crippen LogP contribution in [-0.4, -0.2) is 5.71 Å². The molecule has 0 amide bonds. The fourth-order valence-electron chi connectivity index (χ4n) is 1.65. The smallest absolute Gasteiger partial charge is 0.0660 e. The number of rotatable bonds is 3. The van der Waals surface area contributed by atoms with Crippen molar-refractivity contribution in [2.75, 3.05) is 0 Å². The SMILES string of the molecule is CC(C)=Nc1cc(C)ccc1C.C\C=C/C=C(C)\C=C/C. The summed E-state index contributed by atoms with van der Waals surface area (Å²) in [5, 5.41) is 0. The molecular weight excluding hydrogens is 254 g/mol. The maximum atomic E-state index is 4.44. The Labute approximate surface area is 130 Å². The summed E-state index contributed by atoms with van der Waals surface area (Å²) in [6, 6.07) is 6.33. The highest BCUT2D eigenvalue weighted by molar-refractivity contribution is 5.82. The molecule has 0 radical (unpaired) electrons. The van der Waals surface area contributed by atoms with Gasteiger partial charge in [-0.15, -0.1) is 0 Å². The van der Waals surface area contributed by atoms with Gasteiger partial charge < -0.3 is 0 Å². The fourth-order valence-corrected chi connectivity index (χ4v) is 1.65. The van der Waals surface area contributed by atoms with Crippen LogP contribution in [0.1, 0.15) is 45.7 Å². The first-order valence-corrected chi connectivity index (χ1v) is 7.42. The quantitative estimate of drug-likeness (QED) is 0.443. The Bertz CT molecular complexity index is 539. The molecule has 0 fully saturated rings. The Balaban J connectivity index is 0.000000400. The van der Waals surface area contributed by atoms with Gasteiger partial charge in [0.25, 0.3) is 0 Å². The van der Waals surface area contributed by atoms with Crippen LogP contribution in [0.5, 0.6) is 0 Å². The fraction of sp³-hybridized carbons (Fsp3) is 0.350. The summed E-state index contributed by atoms with van der Waals surface area (Å²) in [7, 11) is 0. The molecule has 0 saturated carbocycles. The average molecular weight is 283 g/mol. The normalized spacial score (nSPS) is 11.5. The summed E-state index contributed by atoms with van der Waals surface area (Å²) in [6.07, 6.45) is 10.3. The molecule has 0 heterocycles. The van der Waals surface area contributed by atoms with Crippen molar-refractivity contribution < 1.29 is 0 Å². The zero-order valence-corrected chi connectivity index (χ0v) is 14.6. The van der Waals surface area contributed by atoms with Crippen molar-refractivity contribution in [2.24, 2.45) is 4.99 Å². The Hall–Kier alpha value is -1.89. The predicted molar refractivity (Wildman–Crippen MR) is 97.7 cm³/mol. The Morgan fingerprint density at radius 1 is 1.00 bits per heavy atom. The average Bonchev–Trinajstić information content (AvgIpc) is 2.41. The van der Waals surface area contributed by atoms with E-state index in [0.717, 1.165) is 11.4 Å². The van der Waals surface area contributed by atoms with Crippen LogP contribution in [0.2, 0.25) is 0 Å². The zero-order valence-electron chi connectivity index (χ0n) is 14.6. The van der Waals surface area contributed by atoms with Gasteiger partial charge in [-0.25, -0.2) is 0 Å². The first-order valence-electron chi connectivity index (χ1n) is 7.42. The summed E-state index contributed by atoms with van der Waals surface area (Å²) in [6.45, 7) is 14.3. The summed E-state index contributed by atoms with van der Waals surface area (Å²) >= 11 is 0. The molecule has 0 atom stereocenters. The maximum absolute atomic E-state index is 4.44. The molecule has 1 heteroatoms. The van der Waals surface area contributed by atoms with Crippen LogP contribution in [-0.2, 0) is 0 Å². The number of hydrogen-bond acceptors (Lipinski definition) is 1. The van der Waals surface area contributed by atoms with Crippen molar-refractivity contribution in [2.45, 2.75) is 48.5 Å². The minimum atomic E-state index is 1.09. The molecular formula is C20H29N. The number of aryl methyl sites for hydroxylation is 2. The van der Waals surface area contributed by atoms with Crippen molar-refractivity contribution in [1.82, 2.24) is 0 Å². The van der Waals surface area contributed by atoms with E-state index >= 15 is 0 Å². The Kier molecular flexibility index (Phi) is 9.87. The molecule has 0 aliphatic heterocycles. The molecule has 21 heavy (non-hydrogen) atoms. The van der Waals surface area contributed by atoms with Gasteiger partial charge in [0, 0.05) is 5.71 Å². The molecule has 0 aliphatic rings. The number of hydrogen-bond donors (Lipinski definition) is 0. The molecule has 0 aliphatic carbocycles. The van der Waals surface area contributed by atoms with Crippen molar-refractivity contribution >= 4 is 11.4 Å². The van der Waals surface area contributed by atoms with Crippen molar-refractivity contribution in [3.05, 3.63) is 65.3 Å². The minimum absolute atomic E-state index is 1.09. The maximum Gasteiger partial charge on any atom is 0.0660 e. The van der Waals surface area contributed by atoms with Gasteiger partial charge in [-0.05, 0) is 65.7 Å². The standard InChI is InChI=1S/C11H15N.C9H14/c1-8(2)12-11-7-9(3)5-6-10(11)4;1-4-6-8-9(3)7-5-2/h5-7H,1-4H3;4-8H,1-3H3/b;6-4-,7-5-,9-8-. The van der Waals surface area contributed by atoms with Crippen molar-refractivity contribution in [3.8, 4) is 0 Å². The van der Waals surface area contributed by atoms with Crippen LogP contribution in [0.3, 0.4) is 0 Å². The highest BCUT2D eigenvalue weighted by atomic mass is 14.7. The van der Waals surface area contributed by atoms with E-state index in [4.69, 9.17) is 0 Å². The lowest BCUT2D eigenvalue weighted by Crippen LogP contribution is -1.82. The van der Waals surface area contributed by atoms with Gasteiger partial charge in [0.05, 0.1) is 5.69 Å². The van der Waals surface area contributed by atoms with E-state index < -0.39 is 0 Å². The van der Waals surface area contributed by atoms with E-state index in [9.17, 15) is 0 Å². The highest BCUT2D eigenvalue weighted by Gasteiger charge is 1.95. The van der Waals surface area contributed by atoms with Crippen molar-refractivity contribution in [1.29, 1.82) is 0 Å². The van der Waals surface area contributed by atoms with E-state index in [2.05, 4.69) is 56.1 Å². The van der Waals surface area contributed by atoms with Gasteiger partial charge >= 0.3 is 0 Å². The molecule has 0 unspecified atom stereocenters. The molecule has 1 aromatic carbocycles. The molecule has 1 nitrogen and oxygen atoms in total. The lowest BCUT2D eigenvalue weighted by molar-refractivity contribution is 1.34. The van der Waals surface area contributed by atoms with Crippen LogP contribution in [0.25, 0.3) is 0 Å². The van der Waals surface area contributed by atoms with Crippen molar-refractivity contribution in [3.63, 3.8) is 0 Å². The number of aliphatic imine (C=N–C) groups is 1. The highest BCUT2D eigenvalue weighted by Crippen LogP contribution is 2.19. The van der Waals surface area contributed by atoms with E-state index in [0.29, 0.717) is 0 Å². The first-order chi connectivity index (χ1) is 9.90. The summed E-state index contributed by atoms with van der Waals surface area (Å²) in [5.41, 5.74) is 5.98. The monoisotopic (exact) mass is 283 g/mol. The number of nitrogens with zero attached hydrogens (tertiary/aromatic N) is 1. The van der Waals surface area contributed by atoms with Gasteiger partial charge in [-0.3, -0.25) is 4.99 Å². The third-order valence-corrected chi connectivity index (χ3v) is 2.69. The lowest BCUT2D eigenvalue weighted by Gasteiger charge is -2.01. The minimum Gasteiger partial charge on any atom is -0.258 e. The summed E-state index contributed by atoms with van der Waals surface area (Å²) in [5.74, 6) is 0. The first kappa shape index (κ1) is 19.1. The molecule has 0 spiro atoms. The zero-order chi connectivity index (χ0) is 16.3. The van der Waals surface area contributed by atoms with E-state index in [1.165, 1.54) is 16.7 Å². The van der Waals surface area contributed by atoms with Crippen LogP contribution < -0.4 is 0 Å². The van der Waals surface area contributed by atoms with Gasteiger partial charge in [-0.2, -0.15) is 0 Å². The largest absolute Gasteiger partial charge is 0.258 e. The number of allylic oxidation sites excluding steroid dienone is 6. The second-order valence-corrected chi connectivity index (χ2v) is 5.29. The van der Waals surface area contributed by atoms with Crippen LogP contribution in [0.15, 0.2) is 59.1 Å². The topological polar surface area (TPSA) is 12.4 Å². The molecule has 0 aromatic heterocycles. The lowest BCUT2D eigenvalue weighted by atomic mass is 10.1. The van der Waals surface area contributed by atoms with Gasteiger partial charge in [0.15, 0.2) is 0 Å². The second kappa shape index (κ2) is 10.8. The third-order valence-electron chi connectivity index (χ3n) is 2.69. The molecule has 0 saturated heterocycles. The third kappa shape index (κ3) is 9.61. The van der Waals surface area contributed by atoms with Crippen LogP contribution in [0.4, 0.5) is 5.69 Å². The van der Waals surface area contributed by atoms with Crippen LogP contribution >= 0.6 is 0 Å². The molecule has 0 N–H and O–H groups in total. The Morgan fingerprint density at radius 2 is 1.67 bits per heavy atom. The molecule has 114 valence electrons. The van der Waals surface area contributed by atoms with Gasteiger partial charge in [-0.1, -0.05) is 48.1 Å². The van der Waals surface area contributed by atoms with Gasteiger partial charge in [0.2, 0.25) is 0 Å². The number of benzene rings is 1. The molecule has 1 rings (SSSR count). The summed E-state index contributed by atoms with van der Waals surface area (Å²) < 4.78 is 0. The Morgan fingerprint density at radius 3 is 2.19 bits per heavy atom. The predicted octanol–water partition coefficient (Wildman–Crippen LogP) is 6.50. The summed E-state index contributed by atoms with van der Waals surface area (Å²) in [4.78, 5) is 4.44. The van der Waals surface area contributed by atoms with Crippen LogP contribution in [0, 0.1) is 13.8 Å².